The molecule has 0 saturated carbocycles. The zero-order chi connectivity index (χ0) is 18.4. The van der Waals surface area contributed by atoms with Crippen LogP contribution >= 0.6 is 11.8 Å². The van der Waals surface area contributed by atoms with E-state index in [1.165, 1.54) is 0 Å². The monoisotopic (exact) mass is 363 g/mol. The van der Waals surface area contributed by atoms with E-state index < -0.39 is 0 Å². The van der Waals surface area contributed by atoms with Crippen LogP contribution in [-0.2, 0) is 4.74 Å². The zero-order valence-electron chi connectivity index (χ0n) is 15.3. The Balaban J connectivity index is 2.32. The Bertz CT molecular complexity index is 692. The molecule has 0 saturated heterocycles. The number of ether oxygens (including phenoxy) is 1. The van der Waals surface area contributed by atoms with E-state index in [4.69, 9.17) is 4.74 Å². The minimum atomic E-state index is -0.113. The van der Waals surface area contributed by atoms with Crippen molar-refractivity contribution in [2.45, 2.75) is 32.1 Å². The first-order valence-corrected chi connectivity index (χ1v) is 9.44. The minimum absolute atomic E-state index is 0.113. The van der Waals surface area contributed by atoms with Gasteiger partial charge in [0.25, 0.3) is 5.91 Å². The first kappa shape index (κ1) is 19.4. The third-order valence-corrected chi connectivity index (χ3v) is 5.49. The Morgan fingerprint density at radius 1 is 1.36 bits per heavy atom. The second-order valence-corrected chi connectivity index (χ2v) is 7.03. The predicted molar refractivity (Wildman–Crippen MR) is 100 cm³/mol. The molecule has 7 nitrogen and oxygen atoms in total. The Morgan fingerprint density at radius 2 is 2.12 bits per heavy atom. The fraction of sp³-hybridized carbons (Fsp3) is 0.529. The predicted octanol–water partition coefficient (Wildman–Crippen LogP) is 2.59. The van der Waals surface area contributed by atoms with Crippen molar-refractivity contribution >= 4 is 23.4 Å². The zero-order valence-corrected chi connectivity index (χ0v) is 16.2. The summed E-state index contributed by atoms with van der Waals surface area (Å²) < 4.78 is 7.07. The van der Waals surface area contributed by atoms with Crippen molar-refractivity contribution in [3.63, 3.8) is 0 Å². The van der Waals surface area contributed by atoms with Crippen molar-refractivity contribution in [3.05, 3.63) is 35.9 Å². The van der Waals surface area contributed by atoms with Crippen molar-refractivity contribution in [1.82, 2.24) is 20.0 Å². The van der Waals surface area contributed by atoms with Crippen LogP contribution in [0.25, 0.3) is 0 Å². The van der Waals surface area contributed by atoms with Crippen LogP contribution in [0, 0.1) is 6.92 Å². The Morgan fingerprint density at radius 3 is 2.72 bits per heavy atom. The van der Waals surface area contributed by atoms with Gasteiger partial charge in [-0.25, -0.2) is 0 Å². The van der Waals surface area contributed by atoms with E-state index >= 15 is 0 Å². The van der Waals surface area contributed by atoms with E-state index in [0.717, 1.165) is 5.69 Å². The molecule has 0 aliphatic rings. The molecule has 0 aromatic carbocycles. The summed E-state index contributed by atoms with van der Waals surface area (Å²) in [4.78, 5) is 14.8. The van der Waals surface area contributed by atoms with Crippen molar-refractivity contribution in [2.24, 2.45) is 0 Å². The van der Waals surface area contributed by atoms with E-state index in [1.807, 2.05) is 11.6 Å². The van der Waals surface area contributed by atoms with Gasteiger partial charge in [0.05, 0.1) is 42.5 Å². The van der Waals surface area contributed by atoms with E-state index in [-0.39, 0.29) is 11.9 Å². The van der Waals surface area contributed by atoms with Crippen LogP contribution in [0.15, 0.2) is 24.7 Å². The summed E-state index contributed by atoms with van der Waals surface area (Å²) in [5.41, 5.74) is 2.14. The summed E-state index contributed by atoms with van der Waals surface area (Å²) in [6.07, 6.45) is 6.87. The van der Waals surface area contributed by atoms with Gasteiger partial charge in [0.1, 0.15) is 0 Å². The lowest BCUT2D eigenvalue weighted by Gasteiger charge is -2.23. The van der Waals surface area contributed by atoms with Crippen molar-refractivity contribution < 1.29 is 9.53 Å². The lowest BCUT2D eigenvalue weighted by molar-refractivity contribution is 0.0975. The molecule has 2 rings (SSSR count). The fourth-order valence-corrected chi connectivity index (χ4v) is 3.07. The first-order chi connectivity index (χ1) is 12.0. The number of methoxy groups -OCH3 is 1. The summed E-state index contributed by atoms with van der Waals surface area (Å²) in [5.74, 6) is -0.113. The normalized spacial score (nSPS) is 13.5. The minimum Gasteiger partial charge on any atom is -0.383 e. The SMILES string of the molecule is COCCN(C(=O)c1cnn(C(C)C(C)SC)c1C)c1ccnnc1. The molecule has 2 unspecified atom stereocenters. The van der Waals surface area contributed by atoms with Crippen LogP contribution in [0.2, 0.25) is 0 Å². The number of amides is 1. The van der Waals surface area contributed by atoms with E-state index in [9.17, 15) is 4.79 Å². The highest BCUT2D eigenvalue weighted by Gasteiger charge is 2.24. The van der Waals surface area contributed by atoms with Crippen molar-refractivity contribution in [1.29, 1.82) is 0 Å². The summed E-state index contributed by atoms with van der Waals surface area (Å²) in [6, 6.07) is 1.96. The van der Waals surface area contributed by atoms with Crippen LogP contribution in [0.1, 0.15) is 35.9 Å². The number of rotatable bonds is 8. The quantitative estimate of drug-likeness (QED) is 0.718. The number of carbonyl (C=O) groups excluding carboxylic acids is 1. The molecule has 0 aliphatic carbocycles. The maximum absolute atomic E-state index is 13.1. The standard InChI is InChI=1S/C17H25N5O2S/c1-12(14(3)25-5)22-13(2)16(11-20-22)17(23)21(8-9-24-4)15-6-7-18-19-10-15/h6-7,10-12,14H,8-9H2,1-5H3. The van der Waals surface area contributed by atoms with E-state index in [0.29, 0.717) is 29.7 Å². The van der Waals surface area contributed by atoms with Gasteiger partial charge >= 0.3 is 0 Å². The molecule has 25 heavy (non-hydrogen) atoms. The van der Waals surface area contributed by atoms with Crippen molar-refractivity contribution in [3.8, 4) is 0 Å². The summed E-state index contributed by atoms with van der Waals surface area (Å²) in [5, 5.41) is 12.5. The highest BCUT2D eigenvalue weighted by Crippen LogP contribution is 2.24. The Kier molecular flexibility index (Phi) is 6.95. The molecule has 0 N–H and O–H groups in total. The van der Waals surface area contributed by atoms with Gasteiger partial charge in [-0.1, -0.05) is 6.92 Å². The Hall–Kier alpha value is -1.93. The van der Waals surface area contributed by atoms with E-state index in [2.05, 4.69) is 35.4 Å². The number of aromatic nitrogens is 4. The molecule has 2 aromatic rings. The first-order valence-electron chi connectivity index (χ1n) is 8.15. The van der Waals surface area contributed by atoms with Crippen LogP contribution in [0.3, 0.4) is 0 Å². The largest absolute Gasteiger partial charge is 0.383 e. The van der Waals surface area contributed by atoms with Crippen LogP contribution in [0.4, 0.5) is 5.69 Å². The number of nitrogens with zero attached hydrogens (tertiary/aromatic N) is 5. The molecule has 8 heteroatoms. The van der Waals surface area contributed by atoms with Gasteiger partial charge in [-0.2, -0.15) is 27.1 Å². The smallest absolute Gasteiger partial charge is 0.261 e. The number of hydrogen-bond acceptors (Lipinski definition) is 6. The lowest BCUT2D eigenvalue weighted by atomic mass is 10.2. The van der Waals surface area contributed by atoms with Crippen molar-refractivity contribution in [2.75, 3.05) is 31.4 Å². The molecular weight excluding hydrogens is 338 g/mol. The molecule has 0 fully saturated rings. The molecule has 2 atom stereocenters. The number of thioether (sulfide) groups is 1. The summed E-state index contributed by atoms with van der Waals surface area (Å²) in [7, 11) is 1.61. The van der Waals surface area contributed by atoms with Crippen LogP contribution < -0.4 is 4.90 Å². The van der Waals surface area contributed by atoms with E-state index in [1.54, 1.807) is 48.4 Å². The van der Waals surface area contributed by atoms with Gasteiger partial charge in [-0.15, -0.1) is 0 Å². The molecule has 1 amide bonds. The van der Waals surface area contributed by atoms with Gasteiger partial charge in [-0.05, 0) is 26.2 Å². The van der Waals surface area contributed by atoms with Crippen LogP contribution in [0.5, 0.6) is 0 Å². The van der Waals surface area contributed by atoms with Gasteiger partial charge in [0.2, 0.25) is 0 Å². The average Bonchev–Trinajstić information content (AvgIpc) is 3.02. The molecule has 0 spiro atoms. The second-order valence-electron chi connectivity index (χ2n) is 5.82. The highest BCUT2D eigenvalue weighted by atomic mass is 32.2. The van der Waals surface area contributed by atoms with Crippen LogP contribution in [-0.4, -0.2) is 57.7 Å². The molecule has 2 heterocycles. The lowest BCUT2D eigenvalue weighted by Crippen LogP contribution is -2.34. The number of carbonyl (C=O) groups is 1. The summed E-state index contributed by atoms with van der Waals surface area (Å²) >= 11 is 1.78. The number of hydrogen-bond donors (Lipinski definition) is 0. The molecule has 136 valence electrons. The van der Waals surface area contributed by atoms with Gasteiger partial charge in [0.15, 0.2) is 0 Å². The van der Waals surface area contributed by atoms with Gasteiger partial charge in [-0.3, -0.25) is 9.48 Å². The fourth-order valence-electron chi connectivity index (χ4n) is 2.56. The second kappa shape index (κ2) is 8.96. The number of anilines is 1. The molecular formula is C17H25N5O2S. The topological polar surface area (TPSA) is 73.1 Å². The average molecular weight is 363 g/mol. The third kappa shape index (κ3) is 4.38. The Labute approximate surface area is 152 Å². The molecule has 0 radical (unpaired) electrons. The summed E-state index contributed by atoms with van der Waals surface area (Å²) in [6.45, 7) is 7.07. The molecule has 0 aliphatic heterocycles. The molecule has 0 bridgehead atoms. The third-order valence-electron chi connectivity index (χ3n) is 4.36. The molecule has 2 aromatic heterocycles. The van der Waals surface area contributed by atoms with Gasteiger partial charge < -0.3 is 9.64 Å². The van der Waals surface area contributed by atoms with Gasteiger partial charge in [0, 0.05) is 24.6 Å². The maximum Gasteiger partial charge on any atom is 0.261 e. The highest BCUT2D eigenvalue weighted by molar-refractivity contribution is 7.99. The maximum atomic E-state index is 13.1.